The van der Waals surface area contributed by atoms with E-state index in [4.69, 9.17) is 0 Å². The maximum Gasteiger partial charge on any atom is 0.0859 e. The maximum absolute atomic E-state index is 4.11. The van der Waals surface area contributed by atoms with Crippen molar-refractivity contribution in [3.05, 3.63) is 67.3 Å². The topological polar surface area (TPSA) is 15.6 Å². The average molecular weight is 310 g/mol. The number of anilines is 2. The molecule has 0 N–H and O–H groups in total. The zero-order valence-electron chi connectivity index (χ0n) is 15.0. The lowest BCUT2D eigenvalue weighted by Crippen LogP contribution is -2.16. The van der Waals surface area contributed by atoms with Gasteiger partial charge in [0.1, 0.15) is 0 Å². The highest BCUT2D eigenvalue weighted by Gasteiger charge is 2.10. The molecular weight excluding hydrogens is 280 g/mol. The minimum atomic E-state index is 0.901. The molecule has 2 aromatic rings. The van der Waals surface area contributed by atoms with Crippen LogP contribution in [0.3, 0.4) is 0 Å². The summed E-state index contributed by atoms with van der Waals surface area (Å²) in [6, 6.07) is 16.8. The molecule has 0 saturated heterocycles. The van der Waals surface area contributed by atoms with Crippen molar-refractivity contribution in [3.63, 3.8) is 0 Å². The van der Waals surface area contributed by atoms with Crippen molar-refractivity contribution in [2.45, 2.75) is 34.1 Å². The van der Waals surface area contributed by atoms with Gasteiger partial charge in [-0.2, -0.15) is 0 Å². The van der Waals surface area contributed by atoms with Crippen LogP contribution < -0.4 is 4.90 Å². The molecule has 0 aliphatic carbocycles. The Morgan fingerprint density at radius 2 is 1.48 bits per heavy atom. The lowest BCUT2D eigenvalue weighted by atomic mass is 10.1. The van der Waals surface area contributed by atoms with Crippen LogP contribution in [0.25, 0.3) is 0 Å². The SMILES string of the molecule is C=C.C=Nc1ccccc1N(CC)c1ccc(CC)cc1.CC. The second-order valence-electron chi connectivity index (χ2n) is 4.41. The number of nitrogens with zero attached hydrogens (tertiary/aromatic N) is 2. The Morgan fingerprint density at radius 1 is 0.913 bits per heavy atom. The van der Waals surface area contributed by atoms with E-state index in [2.05, 4.69) is 73.9 Å². The third-order valence-electron chi connectivity index (χ3n) is 3.32. The quantitative estimate of drug-likeness (QED) is 0.450. The van der Waals surface area contributed by atoms with E-state index in [1.165, 1.54) is 11.3 Å². The van der Waals surface area contributed by atoms with Crippen LogP contribution in [0.1, 0.15) is 33.3 Å². The largest absolute Gasteiger partial charge is 0.340 e. The molecule has 0 heterocycles. The first-order chi connectivity index (χ1) is 11.3. The Bertz CT molecular complexity index is 558. The highest BCUT2D eigenvalue weighted by atomic mass is 15.1. The Balaban J connectivity index is 0.00000112. The molecule has 0 radical (unpaired) electrons. The van der Waals surface area contributed by atoms with Gasteiger partial charge >= 0.3 is 0 Å². The van der Waals surface area contributed by atoms with Crippen molar-refractivity contribution in [2.75, 3.05) is 11.4 Å². The summed E-state index contributed by atoms with van der Waals surface area (Å²) >= 11 is 0. The molecule has 0 unspecified atom stereocenters. The summed E-state index contributed by atoms with van der Waals surface area (Å²) in [4.78, 5) is 6.36. The molecule has 0 aromatic heterocycles. The van der Waals surface area contributed by atoms with E-state index < -0.39 is 0 Å². The number of hydrogen-bond acceptors (Lipinski definition) is 2. The van der Waals surface area contributed by atoms with Crippen LogP contribution in [0.4, 0.5) is 17.1 Å². The second kappa shape index (κ2) is 12.2. The number of aliphatic imine (C=N–C) groups is 1. The molecule has 2 aromatic carbocycles. The summed E-state index contributed by atoms with van der Waals surface area (Å²) in [6.07, 6.45) is 1.07. The van der Waals surface area contributed by atoms with E-state index in [-0.39, 0.29) is 0 Å². The zero-order chi connectivity index (χ0) is 17.7. The minimum Gasteiger partial charge on any atom is -0.340 e. The molecule has 2 nitrogen and oxygen atoms in total. The van der Waals surface area contributed by atoms with E-state index in [1.54, 1.807) is 0 Å². The summed E-state index contributed by atoms with van der Waals surface area (Å²) in [5.41, 5.74) is 4.57. The predicted octanol–water partition coefficient (Wildman–Crippen LogP) is 6.57. The average Bonchev–Trinajstić information content (AvgIpc) is 2.66. The van der Waals surface area contributed by atoms with Crippen LogP contribution in [0.2, 0.25) is 0 Å². The van der Waals surface area contributed by atoms with Gasteiger partial charge in [0.05, 0.1) is 11.4 Å². The molecule has 0 bridgehead atoms. The summed E-state index contributed by atoms with van der Waals surface area (Å²) in [5, 5.41) is 0. The third-order valence-corrected chi connectivity index (χ3v) is 3.32. The van der Waals surface area contributed by atoms with Gasteiger partial charge in [0, 0.05) is 12.2 Å². The normalized spacial score (nSPS) is 8.87. The fourth-order valence-corrected chi connectivity index (χ4v) is 2.23. The van der Waals surface area contributed by atoms with Crippen molar-refractivity contribution in [1.82, 2.24) is 0 Å². The van der Waals surface area contributed by atoms with Crippen LogP contribution in [0.15, 0.2) is 66.7 Å². The van der Waals surface area contributed by atoms with Gasteiger partial charge in [0.2, 0.25) is 0 Å². The lowest BCUT2D eigenvalue weighted by molar-refractivity contribution is 1.02. The van der Waals surface area contributed by atoms with Crippen LogP contribution in [-0.4, -0.2) is 13.3 Å². The van der Waals surface area contributed by atoms with Gasteiger partial charge in [-0.05, 0) is 49.9 Å². The summed E-state index contributed by atoms with van der Waals surface area (Å²) in [6.45, 7) is 18.9. The molecule has 0 aliphatic heterocycles. The molecule has 2 heteroatoms. The molecule has 0 atom stereocenters. The number of aryl methyl sites for hydroxylation is 1. The first-order valence-corrected chi connectivity index (χ1v) is 8.22. The first-order valence-electron chi connectivity index (χ1n) is 8.22. The third kappa shape index (κ3) is 5.74. The molecule has 0 aliphatic rings. The number of rotatable bonds is 5. The van der Waals surface area contributed by atoms with E-state index in [9.17, 15) is 0 Å². The standard InChI is InChI=1S/C17H20N2.C2H6.C2H4/c1-4-14-10-12-15(13-11-14)19(5-2)17-9-7-6-8-16(17)18-3;2*1-2/h6-13H,3-5H2,1-2H3;1-2H3;1-2H2. The fraction of sp³-hybridized carbons (Fsp3) is 0.286. The van der Waals surface area contributed by atoms with Crippen LogP contribution in [0.5, 0.6) is 0 Å². The van der Waals surface area contributed by atoms with Crippen molar-refractivity contribution in [2.24, 2.45) is 4.99 Å². The van der Waals surface area contributed by atoms with Gasteiger partial charge in [0.25, 0.3) is 0 Å². The van der Waals surface area contributed by atoms with E-state index in [1.807, 2.05) is 32.0 Å². The summed E-state index contributed by atoms with van der Waals surface area (Å²) in [7, 11) is 0. The highest BCUT2D eigenvalue weighted by Crippen LogP contribution is 2.33. The lowest BCUT2D eigenvalue weighted by Gasteiger charge is -2.24. The summed E-state index contributed by atoms with van der Waals surface area (Å²) < 4.78 is 0. The zero-order valence-corrected chi connectivity index (χ0v) is 15.0. The van der Waals surface area contributed by atoms with Gasteiger partial charge in [-0.25, -0.2) is 0 Å². The Morgan fingerprint density at radius 3 is 1.96 bits per heavy atom. The number of para-hydroxylation sites is 2. The van der Waals surface area contributed by atoms with E-state index in [0.717, 1.165) is 24.3 Å². The van der Waals surface area contributed by atoms with Crippen LogP contribution in [0, 0.1) is 0 Å². The van der Waals surface area contributed by atoms with Gasteiger partial charge in [0.15, 0.2) is 0 Å². The highest BCUT2D eigenvalue weighted by molar-refractivity contribution is 5.75. The molecule has 2 rings (SSSR count). The van der Waals surface area contributed by atoms with E-state index in [0.29, 0.717) is 0 Å². The van der Waals surface area contributed by atoms with Crippen molar-refractivity contribution >= 4 is 23.8 Å². The van der Waals surface area contributed by atoms with E-state index >= 15 is 0 Å². The van der Waals surface area contributed by atoms with Crippen molar-refractivity contribution in [1.29, 1.82) is 0 Å². The van der Waals surface area contributed by atoms with Crippen LogP contribution in [-0.2, 0) is 6.42 Å². The smallest absolute Gasteiger partial charge is 0.0859 e. The Hall–Kier alpha value is -2.35. The molecule has 0 amide bonds. The van der Waals surface area contributed by atoms with Gasteiger partial charge in [-0.15, -0.1) is 13.2 Å². The van der Waals surface area contributed by atoms with Crippen LogP contribution >= 0.6 is 0 Å². The number of benzene rings is 2. The molecular formula is C21H30N2. The molecule has 0 spiro atoms. The van der Waals surface area contributed by atoms with Gasteiger partial charge in [-0.1, -0.05) is 45.0 Å². The minimum absolute atomic E-state index is 0.901. The summed E-state index contributed by atoms with van der Waals surface area (Å²) in [5.74, 6) is 0. The Labute approximate surface area is 142 Å². The maximum atomic E-state index is 4.11. The van der Waals surface area contributed by atoms with Gasteiger partial charge < -0.3 is 4.90 Å². The predicted molar refractivity (Wildman–Crippen MR) is 107 cm³/mol. The fourth-order valence-electron chi connectivity index (χ4n) is 2.23. The number of hydrogen-bond donors (Lipinski definition) is 0. The second-order valence-corrected chi connectivity index (χ2v) is 4.41. The van der Waals surface area contributed by atoms with Crippen molar-refractivity contribution < 1.29 is 0 Å². The monoisotopic (exact) mass is 310 g/mol. The molecule has 23 heavy (non-hydrogen) atoms. The molecule has 0 saturated carbocycles. The first kappa shape index (κ1) is 20.6. The van der Waals surface area contributed by atoms with Crippen molar-refractivity contribution in [3.8, 4) is 0 Å². The molecule has 0 fully saturated rings. The van der Waals surface area contributed by atoms with Gasteiger partial charge in [-0.3, -0.25) is 4.99 Å². The molecule has 124 valence electrons. The Kier molecular flexibility index (Phi) is 11.0.